The van der Waals surface area contributed by atoms with Crippen molar-refractivity contribution in [2.75, 3.05) is 33.4 Å². The topological polar surface area (TPSA) is 51.2 Å². The van der Waals surface area contributed by atoms with Gasteiger partial charge in [0.1, 0.15) is 35.6 Å². The van der Waals surface area contributed by atoms with E-state index in [9.17, 15) is 5.11 Å². The van der Waals surface area contributed by atoms with Gasteiger partial charge >= 0.3 is 0 Å². The van der Waals surface area contributed by atoms with Crippen LogP contribution in [0.4, 0.5) is 0 Å². The summed E-state index contributed by atoms with van der Waals surface area (Å²) in [4.78, 5) is 2.31. The fraction of sp³-hybridized carbons (Fsp3) is 0.419. The molecule has 190 valence electrons. The van der Waals surface area contributed by atoms with Gasteiger partial charge in [0, 0.05) is 30.0 Å². The highest BCUT2D eigenvalue weighted by Gasteiger charge is 2.45. The lowest BCUT2D eigenvalue weighted by Gasteiger charge is -2.45. The van der Waals surface area contributed by atoms with E-state index in [1.807, 2.05) is 24.3 Å². The highest BCUT2D eigenvalue weighted by molar-refractivity contribution is 5.52. The number of rotatable bonds is 8. The molecule has 0 unspecified atom stereocenters. The molecule has 0 aliphatic carbocycles. The molecule has 2 heterocycles. The van der Waals surface area contributed by atoms with Crippen molar-refractivity contribution < 1.29 is 19.3 Å². The lowest BCUT2D eigenvalue weighted by atomic mass is 9.68. The van der Waals surface area contributed by atoms with Crippen LogP contribution in [-0.2, 0) is 0 Å². The van der Waals surface area contributed by atoms with Crippen molar-refractivity contribution >= 4 is 0 Å². The van der Waals surface area contributed by atoms with Gasteiger partial charge in [0.05, 0.1) is 7.11 Å². The van der Waals surface area contributed by atoms with Gasteiger partial charge in [-0.15, -0.1) is 0 Å². The monoisotopic (exact) mass is 487 g/mol. The predicted octanol–water partition coefficient (Wildman–Crippen LogP) is 5.62. The quantitative estimate of drug-likeness (QED) is 0.447. The first-order valence-corrected chi connectivity index (χ1v) is 13.0. The average molecular weight is 488 g/mol. The summed E-state index contributed by atoms with van der Waals surface area (Å²) in [6, 6.07) is 25.1. The lowest BCUT2D eigenvalue weighted by Crippen LogP contribution is -2.43. The summed E-state index contributed by atoms with van der Waals surface area (Å²) in [6.45, 7) is 7.45. The van der Waals surface area contributed by atoms with E-state index in [1.54, 1.807) is 7.11 Å². The Kier molecular flexibility index (Phi) is 7.22. The lowest BCUT2D eigenvalue weighted by molar-refractivity contribution is 0.0527. The van der Waals surface area contributed by atoms with E-state index in [2.05, 4.69) is 67.3 Å². The Morgan fingerprint density at radius 2 is 1.64 bits per heavy atom. The summed E-state index contributed by atoms with van der Waals surface area (Å²) in [5.74, 6) is 2.65. The maximum absolute atomic E-state index is 10.4. The van der Waals surface area contributed by atoms with Crippen LogP contribution in [-0.4, -0.2) is 55.1 Å². The number of β-amino-alcohol motifs (C(OH)–C–C–N with tert-alkyl or cyclic N) is 1. The van der Waals surface area contributed by atoms with E-state index in [0.717, 1.165) is 35.9 Å². The maximum Gasteiger partial charge on any atom is 0.127 e. The van der Waals surface area contributed by atoms with Gasteiger partial charge in [-0.05, 0) is 69.1 Å². The molecule has 1 N–H and O–H groups in total. The van der Waals surface area contributed by atoms with Crippen molar-refractivity contribution in [3.63, 3.8) is 0 Å². The van der Waals surface area contributed by atoms with E-state index >= 15 is 0 Å². The fourth-order valence-corrected chi connectivity index (χ4v) is 5.82. The summed E-state index contributed by atoms with van der Waals surface area (Å²) in [7, 11) is 1.68. The zero-order chi connectivity index (χ0) is 25.1. The van der Waals surface area contributed by atoms with Crippen LogP contribution < -0.4 is 14.2 Å². The molecule has 0 spiro atoms. The van der Waals surface area contributed by atoms with E-state index in [4.69, 9.17) is 14.2 Å². The molecule has 5 nitrogen and oxygen atoms in total. The molecule has 0 aromatic heterocycles. The number of aliphatic hydroxyl groups is 1. The zero-order valence-corrected chi connectivity index (χ0v) is 21.5. The molecule has 3 aromatic rings. The Morgan fingerprint density at radius 3 is 2.33 bits per heavy atom. The number of fused-ring (bicyclic) bond motifs is 1. The molecular formula is C31H37NO4. The van der Waals surface area contributed by atoms with Crippen LogP contribution in [0.2, 0.25) is 0 Å². The minimum Gasteiger partial charge on any atom is -0.497 e. The van der Waals surface area contributed by atoms with E-state index in [-0.39, 0.29) is 11.8 Å². The molecule has 0 amide bonds. The van der Waals surface area contributed by atoms with Gasteiger partial charge in [-0.3, -0.25) is 0 Å². The SMILES string of the molecule is COc1ccc2c(c1)OC(C)(C)[C@@H](c1ccccc1)[C@@H]2c1ccc(OC[C@H](O)CN2CCCC2)cc1. The highest BCUT2D eigenvalue weighted by atomic mass is 16.5. The molecule has 36 heavy (non-hydrogen) atoms. The van der Waals surface area contributed by atoms with Crippen LogP contribution in [0.1, 0.15) is 55.2 Å². The van der Waals surface area contributed by atoms with Crippen LogP contribution in [0.3, 0.4) is 0 Å². The van der Waals surface area contributed by atoms with Crippen molar-refractivity contribution in [2.24, 2.45) is 0 Å². The molecule has 0 radical (unpaired) electrons. The van der Waals surface area contributed by atoms with Gasteiger partial charge < -0.3 is 24.2 Å². The molecule has 0 bridgehead atoms. The Balaban J connectivity index is 1.41. The third-order valence-corrected chi connectivity index (χ3v) is 7.52. The van der Waals surface area contributed by atoms with Crippen molar-refractivity contribution in [1.29, 1.82) is 0 Å². The van der Waals surface area contributed by atoms with Gasteiger partial charge in [-0.1, -0.05) is 48.5 Å². The molecule has 1 saturated heterocycles. The van der Waals surface area contributed by atoms with E-state index in [1.165, 1.54) is 24.0 Å². The summed E-state index contributed by atoms with van der Waals surface area (Å²) < 4.78 is 18.0. The van der Waals surface area contributed by atoms with Gasteiger partial charge in [0.15, 0.2) is 0 Å². The normalized spacial score (nSPS) is 21.9. The summed E-state index contributed by atoms with van der Waals surface area (Å²) in [6.07, 6.45) is 1.96. The number of benzene rings is 3. The van der Waals surface area contributed by atoms with Crippen LogP contribution in [0.25, 0.3) is 0 Å². The minimum atomic E-state index is -0.483. The number of nitrogens with zero attached hydrogens (tertiary/aromatic N) is 1. The van der Waals surface area contributed by atoms with Gasteiger partial charge in [-0.25, -0.2) is 0 Å². The molecular weight excluding hydrogens is 450 g/mol. The van der Waals surface area contributed by atoms with Gasteiger partial charge in [0.2, 0.25) is 0 Å². The second-order valence-electron chi connectivity index (χ2n) is 10.5. The number of aliphatic hydroxyl groups excluding tert-OH is 1. The van der Waals surface area contributed by atoms with Crippen LogP contribution in [0, 0.1) is 0 Å². The second-order valence-corrected chi connectivity index (χ2v) is 10.5. The Hall–Kier alpha value is -3.02. The molecule has 0 saturated carbocycles. The van der Waals surface area contributed by atoms with Crippen molar-refractivity contribution in [1.82, 2.24) is 4.90 Å². The largest absolute Gasteiger partial charge is 0.497 e. The fourth-order valence-electron chi connectivity index (χ4n) is 5.82. The first kappa shape index (κ1) is 24.7. The molecule has 1 fully saturated rings. The Morgan fingerprint density at radius 1 is 0.944 bits per heavy atom. The van der Waals surface area contributed by atoms with Crippen LogP contribution in [0.15, 0.2) is 72.8 Å². The number of hydrogen-bond acceptors (Lipinski definition) is 5. The van der Waals surface area contributed by atoms with Gasteiger partial charge in [-0.2, -0.15) is 0 Å². The Bertz CT molecular complexity index is 1140. The van der Waals surface area contributed by atoms with Crippen molar-refractivity contribution in [2.45, 2.75) is 50.2 Å². The Labute approximate surface area is 214 Å². The zero-order valence-electron chi connectivity index (χ0n) is 21.5. The maximum atomic E-state index is 10.4. The molecule has 3 atom stereocenters. The first-order chi connectivity index (χ1) is 17.4. The summed E-state index contributed by atoms with van der Waals surface area (Å²) >= 11 is 0. The van der Waals surface area contributed by atoms with Crippen molar-refractivity contribution in [3.05, 3.63) is 89.5 Å². The molecule has 5 rings (SSSR count). The number of ether oxygens (including phenoxy) is 3. The molecule has 5 heteroatoms. The third kappa shape index (κ3) is 5.23. The van der Waals surface area contributed by atoms with Crippen molar-refractivity contribution in [3.8, 4) is 17.2 Å². The second kappa shape index (κ2) is 10.5. The highest BCUT2D eigenvalue weighted by Crippen LogP contribution is 2.53. The predicted molar refractivity (Wildman–Crippen MR) is 142 cm³/mol. The third-order valence-electron chi connectivity index (χ3n) is 7.52. The number of methoxy groups -OCH3 is 1. The first-order valence-electron chi connectivity index (χ1n) is 13.0. The van der Waals surface area contributed by atoms with E-state index < -0.39 is 11.7 Å². The summed E-state index contributed by atoms with van der Waals surface area (Å²) in [5.41, 5.74) is 3.18. The minimum absolute atomic E-state index is 0.104. The molecule has 2 aliphatic rings. The number of likely N-dealkylation sites (tertiary alicyclic amines) is 1. The summed E-state index contributed by atoms with van der Waals surface area (Å²) in [5, 5.41) is 10.4. The molecule has 2 aliphatic heterocycles. The van der Waals surface area contributed by atoms with Gasteiger partial charge in [0.25, 0.3) is 0 Å². The standard InChI is InChI=1S/C31H37NO4/c1-31(2)30(23-9-5-4-6-10-23)29(27-16-15-26(34-3)19-28(27)36-31)22-11-13-25(14-12-22)35-21-24(33)20-32-17-7-8-18-32/h4-6,9-16,19,24,29-30,33H,7-8,17-18,20-21H2,1-3H3/t24-,29-,30+/m1/s1. The van der Waals surface area contributed by atoms with Crippen LogP contribution >= 0.6 is 0 Å². The number of hydrogen-bond donors (Lipinski definition) is 1. The molecule has 3 aromatic carbocycles. The van der Waals surface area contributed by atoms with Crippen LogP contribution in [0.5, 0.6) is 17.2 Å². The average Bonchev–Trinajstić information content (AvgIpc) is 3.39. The van der Waals surface area contributed by atoms with E-state index in [0.29, 0.717) is 13.2 Å². The smallest absolute Gasteiger partial charge is 0.127 e.